The van der Waals surface area contributed by atoms with Gasteiger partial charge < -0.3 is 9.26 Å². The minimum atomic E-state index is -3.83. The largest absolute Gasteiger partial charge is 0.496 e. The molecular weight excluding hydrogens is 390 g/mol. The summed E-state index contributed by atoms with van der Waals surface area (Å²) in [5.41, 5.74) is 1.90. The Morgan fingerprint density at radius 3 is 2.38 bits per heavy atom. The highest BCUT2D eigenvalue weighted by Gasteiger charge is 2.22. The van der Waals surface area contributed by atoms with E-state index in [0.29, 0.717) is 22.8 Å². The number of benzene rings is 2. The van der Waals surface area contributed by atoms with Crippen LogP contribution in [0.5, 0.6) is 5.75 Å². The van der Waals surface area contributed by atoms with Crippen LogP contribution in [0.3, 0.4) is 0 Å². The number of aromatic nitrogens is 2. The SMILES string of the molecule is COc1ccc(S(=O)(=O)Nc2ccccc2C(C)C)cc1-c1nc(C(C)C)no1. The first-order valence-electron chi connectivity index (χ1n) is 9.36. The van der Waals surface area contributed by atoms with Crippen LogP contribution >= 0.6 is 0 Å². The van der Waals surface area contributed by atoms with E-state index in [1.165, 1.54) is 19.2 Å². The number of sulfonamides is 1. The van der Waals surface area contributed by atoms with Crippen LogP contribution in [0.1, 0.15) is 50.9 Å². The maximum atomic E-state index is 13.1. The molecule has 3 rings (SSSR count). The molecule has 0 amide bonds. The zero-order chi connectivity index (χ0) is 21.2. The molecule has 1 aromatic heterocycles. The van der Waals surface area contributed by atoms with E-state index >= 15 is 0 Å². The summed E-state index contributed by atoms with van der Waals surface area (Å²) >= 11 is 0. The molecule has 154 valence electrons. The Bertz CT molecular complexity index is 1100. The number of methoxy groups -OCH3 is 1. The molecule has 1 heterocycles. The Labute approximate surface area is 171 Å². The van der Waals surface area contributed by atoms with Crippen LogP contribution in [-0.2, 0) is 10.0 Å². The zero-order valence-electron chi connectivity index (χ0n) is 17.1. The van der Waals surface area contributed by atoms with E-state index in [4.69, 9.17) is 9.26 Å². The third kappa shape index (κ3) is 4.42. The summed E-state index contributed by atoms with van der Waals surface area (Å²) in [5.74, 6) is 1.46. The second-order valence-corrected chi connectivity index (χ2v) is 9.00. The molecule has 0 bridgehead atoms. The highest BCUT2D eigenvalue weighted by Crippen LogP contribution is 2.33. The van der Waals surface area contributed by atoms with Crippen LogP contribution in [0.2, 0.25) is 0 Å². The summed E-state index contributed by atoms with van der Waals surface area (Å²) in [5, 5.41) is 3.95. The Morgan fingerprint density at radius 1 is 1.03 bits per heavy atom. The van der Waals surface area contributed by atoms with Crippen molar-refractivity contribution >= 4 is 15.7 Å². The van der Waals surface area contributed by atoms with E-state index < -0.39 is 10.0 Å². The summed E-state index contributed by atoms with van der Waals surface area (Å²) in [6.45, 7) is 7.92. The van der Waals surface area contributed by atoms with E-state index in [0.717, 1.165) is 5.56 Å². The fourth-order valence-electron chi connectivity index (χ4n) is 2.90. The standard InChI is InChI=1S/C21H25N3O4S/c1-13(2)16-8-6-7-9-18(16)24-29(25,26)15-10-11-19(27-5)17(12-15)21-22-20(14(3)4)23-28-21/h6-14,24H,1-5H3. The monoisotopic (exact) mass is 415 g/mol. The number of hydrogen-bond acceptors (Lipinski definition) is 6. The van der Waals surface area contributed by atoms with Crippen molar-refractivity contribution in [2.24, 2.45) is 0 Å². The zero-order valence-corrected chi connectivity index (χ0v) is 17.9. The van der Waals surface area contributed by atoms with Gasteiger partial charge in [0, 0.05) is 5.92 Å². The van der Waals surface area contributed by atoms with E-state index in [1.807, 2.05) is 39.8 Å². The molecule has 0 atom stereocenters. The average molecular weight is 416 g/mol. The molecule has 0 aliphatic heterocycles. The van der Waals surface area contributed by atoms with Crippen LogP contribution in [-0.4, -0.2) is 25.7 Å². The molecule has 0 saturated heterocycles. The van der Waals surface area contributed by atoms with Crippen LogP contribution in [0, 0.1) is 0 Å². The normalized spacial score (nSPS) is 11.8. The minimum Gasteiger partial charge on any atom is -0.496 e. The molecule has 0 unspecified atom stereocenters. The van der Waals surface area contributed by atoms with Crippen LogP contribution in [0.15, 0.2) is 51.9 Å². The Hall–Kier alpha value is -2.87. The van der Waals surface area contributed by atoms with Crippen molar-refractivity contribution in [2.75, 3.05) is 11.8 Å². The molecule has 3 aromatic rings. The average Bonchev–Trinajstić information content (AvgIpc) is 3.18. The van der Waals surface area contributed by atoms with Gasteiger partial charge in [-0.25, -0.2) is 8.42 Å². The van der Waals surface area contributed by atoms with Gasteiger partial charge in [0.1, 0.15) is 5.75 Å². The minimum absolute atomic E-state index is 0.0798. The molecule has 0 aliphatic rings. The van der Waals surface area contributed by atoms with Gasteiger partial charge in [0.05, 0.1) is 23.3 Å². The Kier molecular flexibility index (Phi) is 5.93. The fourth-order valence-corrected chi connectivity index (χ4v) is 4.01. The van der Waals surface area contributed by atoms with E-state index in [9.17, 15) is 8.42 Å². The molecule has 0 aliphatic carbocycles. The van der Waals surface area contributed by atoms with E-state index in [1.54, 1.807) is 18.2 Å². The van der Waals surface area contributed by atoms with Gasteiger partial charge in [-0.3, -0.25) is 4.72 Å². The van der Waals surface area contributed by atoms with Crippen molar-refractivity contribution in [1.29, 1.82) is 0 Å². The first-order valence-corrected chi connectivity index (χ1v) is 10.8. The summed E-state index contributed by atoms with van der Waals surface area (Å²) < 4.78 is 39.5. The van der Waals surface area contributed by atoms with Gasteiger partial charge in [-0.2, -0.15) is 4.98 Å². The van der Waals surface area contributed by atoms with Gasteiger partial charge in [0.15, 0.2) is 5.82 Å². The van der Waals surface area contributed by atoms with Gasteiger partial charge in [0.2, 0.25) is 0 Å². The first-order chi connectivity index (χ1) is 13.7. The van der Waals surface area contributed by atoms with Crippen molar-refractivity contribution in [2.45, 2.75) is 44.4 Å². The van der Waals surface area contributed by atoms with Crippen LogP contribution in [0.4, 0.5) is 5.69 Å². The summed E-state index contributed by atoms with van der Waals surface area (Å²) in [7, 11) is -2.33. The molecule has 8 heteroatoms. The third-order valence-electron chi connectivity index (χ3n) is 4.50. The lowest BCUT2D eigenvalue weighted by molar-refractivity contribution is 0.401. The number of rotatable bonds is 7. The molecule has 0 spiro atoms. The molecule has 0 fully saturated rings. The summed E-state index contributed by atoms with van der Waals surface area (Å²) in [6.07, 6.45) is 0. The number of para-hydroxylation sites is 1. The second-order valence-electron chi connectivity index (χ2n) is 7.32. The van der Waals surface area contributed by atoms with Crippen molar-refractivity contribution in [3.05, 3.63) is 53.9 Å². The molecule has 29 heavy (non-hydrogen) atoms. The Balaban J connectivity index is 2.02. The van der Waals surface area contributed by atoms with Gasteiger partial charge in [0.25, 0.3) is 15.9 Å². The van der Waals surface area contributed by atoms with Gasteiger partial charge in [-0.05, 0) is 35.7 Å². The lowest BCUT2D eigenvalue weighted by atomic mass is 10.0. The molecule has 2 aromatic carbocycles. The van der Waals surface area contributed by atoms with Gasteiger partial charge in [-0.15, -0.1) is 0 Å². The molecular formula is C21H25N3O4S. The number of nitrogens with zero attached hydrogens (tertiary/aromatic N) is 2. The predicted octanol–water partition coefficient (Wildman–Crippen LogP) is 4.79. The lowest BCUT2D eigenvalue weighted by Gasteiger charge is -2.15. The number of hydrogen-bond donors (Lipinski definition) is 1. The van der Waals surface area contributed by atoms with Crippen molar-refractivity contribution in [3.63, 3.8) is 0 Å². The maximum Gasteiger partial charge on any atom is 0.261 e. The quantitative estimate of drug-likeness (QED) is 0.596. The highest BCUT2D eigenvalue weighted by atomic mass is 32.2. The molecule has 1 N–H and O–H groups in total. The lowest BCUT2D eigenvalue weighted by Crippen LogP contribution is -2.14. The van der Waals surface area contributed by atoms with Crippen molar-refractivity contribution in [3.8, 4) is 17.2 Å². The predicted molar refractivity (Wildman–Crippen MR) is 112 cm³/mol. The van der Waals surface area contributed by atoms with Crippen LogP contribution in [0.25, 0.3) is 11.5 Å². The van der Waals surface area contributed by atoms with Gasteiger partial charge in [-0.1, -0.05) is 51.1 Å². The summed E-state index contributed by atoms with van der Waals surface area (Å²) in [6, 6.07) is 11.9. The fraction of sp³-hybridized carbons (Fsp3) is 0.333. The number of ether oxygens (including phenoxy) is 1. The highest BCUT2D eigenvalue weighted by molar-refractivity contribution is 7.92. The molecule has 0 saturated carbocycles. The first kappa shape index (κ1) is 20.9. The van der Waals surface area contributed by atoms with E-state index in [-0.39, 0.29) is 22.6 Å². The topological polar surface area (TPSA) is 94.3 Å². The second kappa shape index (κ2) is 8.24. The maximum absolute atomic E-state index is 13.1. The third-order valence-corrected chi connectivity index (χ3v) is 5.86. The number of nitrogens with one attached hydrogen (secondary N) is 1. The van der Waals surface area contributed by atoms with Crippen molar-refractivity contribution < 1.29 is 17.7 Å². The van der Waals surface area contributed by atoms with Crippen molar-refractivity contribution in [1.82, 2.24) is 10.1 Å². The molecule has 7 nitrogen and oxygen atoms in total. The smallest absolute Gasteiger partial charge is 0.261 e. The molecule has 0 radical (unpaired) electrons. The van der Waals surface area contributed by atoms with E-state index in [2.05, 4.69) is 14.9 Å². The van der Waals surface area contributed by atoms with Crippen LogP contribution < -0.4 is 9.46 Å². The van der Waals surface area contributed by atoms with Gasteiger partial charge >= 0.3 is 0 Å². The number of anilines is 1. The summed E-state index contributed by atoms with van der Waals surface area (Å²) in [4.78, 5) is 4.44. The Morgan fingerprint density at radius 2 is 1.76 bits per heavy atom.